The molecule has 2 aliphatic rings. The van der Waals surface area contributed by atoms with Crippen LogP contribution in [0.2, 0.25) is 0 Å². The van der Waals surface area contributed by atoms with E-state index in [1.54, 1.807) is 4.90 Å². The van der Waals surface area contributed by atoms with Crippen LogP contribution in [0.5, 0.6) is 0 Å². The molecule has 2 amide bonds. The summed E-state index contributed by atoms with van der Waals surface area (Å²) in [6, 6.07) is -0.664. The molecule has 2 aliphatic heterocycles. The van der Waals surface area contributed by atoms with Crippen LogP contribution in [0, 0.1) is 0 Å². The Hall–Kier alpha value is -1.63. The van der Waals surface area contributed by atoms with Crippen molar-refractivity contribution in [2.45, 2.75) is 51.1 Å². The van der Waals surface area contributed by atoms with E-state index in [9.17, 15) is 10.0 Å². The number of hydrogen-bond acceptors (Lipinski definition) is 5. The SMILES string of the molecule is CCC(C)c1nnc([C@@H]2CC[C@@H]3CN2C(=O)N3O)o1. The molecule has 2 saturated heterocycles. The molecule has 3 rings (SSSR count). The molecule has 0 spiro atoms. The van der Waals surface area contributed by atoms with E-state index < -0.39 is 0 Å². The molecule has 2 fully saturated rings. The number of amides is 2. The molecule has 3 heterocycles. The van der Waals surface area contributed by atoms with Crippen molar-refractivity contribution in [2.75, 3.05) is 6.54 Å². The van der Waals surface area contributed by atoms with Crippen molar-refractivity contribution in [3.05, 3.63) is 11.8 Å². The first-order chi connectivity index (χ1) is 9.11. The van der Waals surface area contributed by atoms with E-state index in [1.807, 2.05) is 6.92 Å². The first-order valence-electron chi connectivity index (χ1n) is 6.73. The van der Waals surface area contributed by atoms with Gasteiger partial charge in [-0.25, -0.2) is 9.86 Å². The van der Waals surface area contributed by atoms with E-state index in [0.717, 1.165) is 24.3 Å². The van der Waals surface area contributed by atoms with Gasteiger partial charge in [0, 0.05) is 12.5 Å². The molecule has 7 heteroatoms. The lowest BCUT2D eigenvalue weighted by Crippen LogP contribution is -2.34. The fourth-order valence-electron chi connectivity index (χ4n) is 2.66. The van der Waals surface area contributed by atoms with Crippen molar-refractivity contribution in [3.8, 4) is 0 Å². The van der Waals surface area contributed by atoms with Gasteiger partial charge in [-0.15, -0.1) is 10.2 Å². The Kier molecular flexibility index (Phi) is 2.93. The second-order valence-corrected chi connectivity index (χ2v) is 5.31. The Morgan fingerprint density at radius 2 is 2.26 bits per heavy atom. The normalized spacial score (nSPS) is 28.1. The van der Waals surface area contributed by atoms with Gasteiger partial charge in [-0.3, -0.25) is 5.21 Å². The van der Waals surface area contributed by atoms with Crippen molar-refractivity contribution in [1.82, 2.24) is 20.2 Å². The summed E-state index contributed by atoms with van der Waals surface area (Å²) in [5, 5.41) is 18.6. The minimum Gasteiger partial charge on any atom is -0.423 e. The molecule has 0 aromatic carbocycles. The third-order valence-corrected chi connectivity index (χ3v) is 4.12. The first-order valence-corrected chi connectivity index (χ1v) is 6.73. The molecule has 3 atom stereocenters. The molecule has 19 heavy (non-hydrogen) atoms. The fraction of sp³-hybridized carbons (Fsp3) is 0.750. The lowest BCUT2D eigenvalue weighted by Gasteiger charge is -2.27. The van der Waals surface area contributed by atoms with Crippen molar-refractivity contribution >= 4 is 6.03 Å². The van der Waals surface area contributed by atoms with Gasteiger partial charge in [0.1, 0.15) is 6.04 Å². The second-order valence-electron chi connectivity index (χ2n) is 5.31. The standard InChI is InChI=1S/C12H18N4O3/c1-3-7(2)10-13-14-11(19-10)9-5-4-8-6-15(9)12(17)16(8)18/h7-9,18H,3-6H2,1-2H3/t7?,8-,9+/m1/s1. The zero-order chi connectivity index (χ0) is 13.6. The summed E-state index contributed by atoms with van der Waals surface area (Å²) < 4.78 is 5.69. The Balaban J connectivity index is 1.83. The van der Waals surface area contributed by atoms with Crippen LogP contribution in [0.4, 0.5) is 4.79 Å². The van der Waals surface area contributed by atoms with Crippen molar-refractivity contribution in [1.29, 1.82) is 0 Å². The summed E-state index contributed by atoms with van der Waals surface area (Å²) in [4.78, 5) is 13.5. The number of rotatable bonds is 3. The van der Waals surface area contributed by atoms with Gasteiger partial charge in [0.15, 0.2) is 0 Å². The number of carbonyl (C=O) groups excluding carboxylic acids is 1. The molecule has 1 aromatic heterocycles. The van der Waals surface area contributed by atoms with E-state index >= 15 is 0 Å². The highest BCUT2D eigenvalue weighted by atomic mass is 16.5. The number of aromatic nitrogens is 2. The van der Waals surface area contributed by atoms with Gasteiger partial charge >= 0.3 is 6.03 Å². The van der Waals surface area contributed by atoms with Crippen LogP contribution in [0.25, 0.3) is 0 Å². The van der Waals surface area contributed by atoms with Gasteiger partial charge in [-0.05, 0) is 19.3 Å². The monoisotopic (exact) mass is 266 g/mol. The Morgan fingerprint density at radius 3 is 3.00 bits per heavy atom. The minimum atomic E-state index is -0.365. The molecular formula is C12H18N4O3. The lowest BCUT2D eigenvalue weighted by atomic mass is 10.0. The number of fused-ring (bicyclic) bond motifs is 2. The van der Waals surface area contributed by atoms with Crippen LogP contribution in [-0.2, 0) is 0 Å². The van der Waals surface area contributed by atoms with Crippen LogP contribution in [0.3, 0.4) is 0 Å². The van der Waals surface area contributed by atoms with E-state index in [-0.39, 0.29) is 24.0 Å². The molecular weight excluding hydrogens is 248 g/mol. The summed E-state index contributed by atoms with van der Waals surface area (Å²) in [5.41, 5.74) is 0. The maximum Gasteiger partial charge on any atom is 0.344 e. The van der Waals surface area contributed by atoms with E-state index in [2.05, 4.69) is 17.1 Å². The number of nitrogens with zero attached hydrogens (tertiary/aromatic N) is 4. The minimum absolute atomic E-state index is 0.0966. The fourth-order valence-corrected chi connectivity index (χ4v) is 2.66. The topological polar surface area (TPSA) is 82.7 Å². The smallest absolute Gasteiger partial charge is 0.344 e. The predicted octanol–water partition coefficient (Wildman–Crippen LogP) is 1.91. The van der Waals surface area contributed by atoms with Gasteiger partial charge in [-0.1, -0.05) is 13.8 Å². The summed E-state index contributed by atoms with van der Waals surface area (Å²) in [5.74, 6) is 1.32. The highest BCUT2D eigenvalue weighted by Crippen LogP contribution is 2.37. The molecule has 1 aromatic rings. The average Bonchev–Trinajstić information content (AvgIpc) is 3.00. The maximum absolute atomic E-state index is 11.9. The van der Waals surface area contributed by atoms with Gasteiger partial charge in [0.2, 0.25) is 11.8 Å². The predicted molar refractivity (Wildman–Crippen MR) is 64.5 cm³/mol. The highest BCUT2D eigenvalue weighted by molar-refractivity contribution is 5.76. The molecule has 0 radical (unpaired) electrons. The Labute approximate surface area is 111 Å². The zero-order valence-corrected chi connectivity index (χ0v) is 11.1. The van der Waals surface area contributed by atoms with Crippen LogP contribution in [-0.4, -0.2) is 44.0 Å². The average molecular weight is 266 g/mol. The van der Waals surface area contributed by atoms with Crippen LogP contribution in [0.1, 0.15) is 56.9 Å². The van der Waals surface area contributed by atoms with E-state index in [4.69, 9.17) is 4.42 Å². The van der Waals surface area contributed by atoms with Gasteiger partial charge in [0.05, 0.1) is 6.04 Å². The molecule has 7 nitrogen and oxygen atoms in total. The molecule has 104 valence electrons. The van der Waals surface area contributed by atoms with Crippen LogP contribution >= 0.6 is 0 Å². The first kappa shape index (κ1) is 12.4. The summed E-state index contributed by atoms with van der Waals surface area (Å²) in [7, 11) is 0. The Morgan fingerprint density at radius 1 is 1.47 bits per heavy atom. The second kappa shape index (κ2) is 4.48. The number of carbonyl (C=O) groups is 1. The highest BCUT2D eigenvalue weighted by Gasteiger charge is 2.46. The third kappa shape index (κ3) is 1.88. The molecule has 1 N–H and O–H groups in total. The summed E-state index contributed by atoms with van der Waals surface area (Å²) >= 11 is 0. The largest absolute Gasteiger partial charge is 0.423 e. The van der Waals surface area contributed by atoms with Crippen LogP contribution in [0.15, 0.2) is 4.42 Å². The third-order valence-electron chi connectivity index (χ3n) is 4.12. The number of hydroxylamine groups is 2. The number of hydrogen-bond donors (Lipinski definition) is 1. The lowest BCUT2D eigenvalue weighted by molar-refractivity contribution is -0.0584. The molecule has 0 aliphatic carbocycles. The van der Waals surface area contributed by atoms with Gasteiger partial charge in [0.25, 0.3) is 0 Å². The number of piperidine rings is 1. The van der Waals surface area contributed by atoms with Crippen molar-refractivity contribution in [2.24, 2.45) is 0 Å². The van der Waals surface area contributed by atoms with Gasteiger partial charge in [-0.2, -0.15) is 0 Å². The van der Waals surface area contributed by atoms with Crippen LogP contribution < -0.4 is 0 Å². The van der Waals surface area contributed by atoms with E-state index in [1.165, 1.54) is 0 Å². The summed E-state index contributed by atoms with van der Waals surface area (Å²) in [6.07, 6.45) is 2.43. The number of urea groups is 1. The van der Waals surface area contributed by atoms with Crippen molar-refractivity contribution < 1.29 is 14.4 Å². The maximum atomic E-state index is 11.9. The van der Waals surface area contributed by atoms with Crippen molar-refractivity contribution in [3.63, 3.8) is 0 Å². The molecule has 2 bridgehead atoms. The molecule has 0 saturated carbocycles. The zero-order valence-electron chi connectivity index (χ0n) is 11.1. The quantitative estimate of drug-likeness (QED) is 0.845. The van der Waals surface area contributed by atoms with E-state index in [0.29, 0.717) is 18.3 Å². The summed E-state index contributed by atoms with van der Waals surface area (Å²) in [6.45, 7) is 4.62. The van der Waals surface area contributed by atoms with Gasteiger partial charge < -0.3 is 9.32 Å². The molecule has 1 unspecified atom stereocenters. The Bertz CT molecular complexity index is 489.